The van der Waals surface area contributed by atoms with Gasteiger partial charge in [-0.2, -0.15) is 5.10 Å². The van der Waals surface area contributed by atoms with Crippen molar-refractivity contribution in [1.29, 1.82) is 0 Å². The molecule has 1 heterocycles. The van der Waals surface area contributed by atoms with Crippen LogP contribution in [0.1, 0.15) is 22.5 Å². The van der Waals surface area contributed by atoms with E-state index in [9.17, 15) is 4.79 Å². The normalized spacial score (nSPS) is 10.6. The maximum atomic E-state index is 12.3. The Morgan fingerprint density at radius 3 is 2.59 bits per heavy atom. The van der Waals surface area contributed by atoms with Crippen LogP contribution >= 0.6 is 0 Å². The Morgan fingerprint density at radius 1 is 1.07 bits per heavy atom. The first-order chi connectivity index (χ1) is 13.0. The average Bonchev–Trinajstić information content (AvgIpc) is 2.94. The van der Waals surface area contributed by atoms with Crippen molar-refractivity contribution in [3.05, 3.63) is 77.1 Å². The molecule has 5 heteroatoms. The standard InChI is InChI=1S/C22H25N3O2/c1-16-8-7-11-20(14-16)27-13-12-23-22(26)15-21-17(2)24-25(18(21)3)19-9-5-4-6-10-19/h4-11,14H,12-13,15H2,1-3H3,(H,23,26). The lowest BCUT2D eigenvalue weighted by atomic mass is 10.1. The van der Waals surface area contributed by atoms with Crippen LogP contribution in [0.15, 0.2) is 54.6 Å². The van der Waals surface area contributed by atoms with Gasteiger partial charge in [-0.25, -0.2) is 4.68 Å². The van der Waals surface area contributed by atoms with Crippen LogP contribution in [0, 0.1) is 20.8 Å². The third-order valence-electron chi connectivity index (χ3n) is 4.46. The molecule has 5 nitrogen and oxygen atoms in total. The van der Waals surface area contributed by atoms with Gasteiger partial charge in [0.2, 0.25) is 5.91 Å². The number of aryl methyl sites for hydroxylation is 2. The van der Waals surface area contributed by atoms with Crippen molar-refractivity contribution in [3.63, 3.8) is 0 Å². The van der Waals surface area contributed by atoms with E-state index in [2.05, 4.69) is 10.4 Å². The second-order valence-electron chi connectivity index (χ2n) is 6.59. The number of rotatable bonds is 7. The molecular formula is C22H25N3O2. The van der Waals surface area contributed by atoms with Crippen molar-refractivity contribution in [3.8, 4) is 11.4 Å². The van der Waals surface area contributed by atoms with E-state index in [0.717, 1.165) is 34.0 Å². The monoisotopic (exact) mass is 363 g/mol. The van der Waals surface area contributed by atoms with Crippen molar-refractivity contribution in [2.45, 2.75) is 27.2 Å². The molecule has 0 atom stereocenters. The molecule has 0 saturated carbocycles. The van der Waals surface area contributed by atoms with E-state index in [1.54, 1.807) is 0 Å². The number of para-hydroxylation sites is 1. The Morgan fingerprint density at radius 2 is 1.85 bits per heavy atom. The highest BCUT2D eigenvalue weighted by Crippen LogP contribution is 2.18. The number of carbonyl (C=O) groups is 1. The molecule has 3 aromatic rings. The molecule has 0 spiro atoms. The van der Waals surface area contributed by atoms with Crippen molar-refractivity contribution >= 4 is 5.91 Å². The van der Waals surface area contributed by atoms with Gasteiger partial charge in [-0.1, -0.05) is 30.3 Å². The number of nitrogens with one attached hydrogen (secondary N) is 1. The number of ether oxygens (including phenoxy) is 1. The molecule has 0 radical (unpaired) electrons. The second-order valence-corrected chi connectivity index (χ2v) is 6.59. The van der Waals surface area contributed by atoms with Gasteiger partial charge in [0.1, 0.15) is 12.4 Å². The van der Waals surface area contributed by atoms with E-state index < -0.39 is 0 Å². The average molecular weight is 363 g/mol. The highest BCUT2D eigenvalue weighted by atomic mass is 16.5. The van der Waals surface area contributed by atoms with Gasteiger partial charge < -0.3 is 10.1 Å². The fraction of sp³-hybridized carbons (Fsp3) is 0.273. The van der Waals surface area contributed by atoms with E-state index in [-0.39, 0.29) is 5.91 Å². The first kappa shape index (κ1) is 18.7. The Hall–Kier alpha value is -3.08. The predicted octanol–water partition coefficient (Wildman–Crippen LogP) is 3.54. The highest BCUT2D eigenvalue weighted by molar-refractivity contribution is 5.79. The van der Waals surface area contributed by atoms with Crippen LogP contribution in [-0.2, 0) is 11.2 Å². The molecular weight excluding hydrogens is 338 g/mol. The summed E-state index contributed by atoms with van der Waals surface area (Å²) >= 11 is 0. The molecule has 1 N–H and O–H groups in total. The summed E-state index contributed by atoms with van der Waals surface area (Å²) in [6, 6.07) is 17.8. The van der Waals surface area contributed by atoms with E-state index in [1.807, 2.05) is 80.1 Å². The third-order valence-corrected chi connectivity index (χ3v) is 4.46. The molecule has 0 aliphatic carbocycles. The molecule has 3 rings (SSSR count). The minimum absolute atomic E-state index is 0.0262. The molecule has 0 bridgehead atoms. The summed E-state index contributed by atoms with van der Waals surface area (Å²) in [5.74, 6) is 0.793. The second kappa shape index (κ2) is 8.54. The fourth-order valence-corrected chi connectivity index (χ4v) is 3.04. The molecule has 0 saturated heterocycles. The highest BCUT2D eigenvalue weighted by Gasteiger charge is 2.15. The topological polar surface area (TPSA) is 56.1 Å². The molecule has 1 amide bonds. The number of hydrogen-bond acceptors (Lipinski definition) is 3. The molecule has 0 fully saturated rings. The van der Waals surface area contributed by atoms with Gasteiger partial charge in [-0.05, 0) is 50.6 Å². The fourth-order valence-electron chi connectivity index (χ4n) is 3.04. The molecule has 0 unspecified atom stereocenters. The van der Waals surface area contributed by atoms with Gasteiger partial charge in [0.25, 0.3) is 0 Å². The number of benzene rings is 2. The number of nitrogens with zero attached hydrogens (tertiary/aromatic N) is 2. The van der Waals surface area contributed by atoms with Crippen molar-refractivity contribution in [2.75, 3.05) is 13.2 Å². The van der Waals surface area contributed by atoms with Crippen LogP contribution in [0.4, 0.5) is 0 Å². The molecule has 140 valence electrons. The third kappa shape index (κ3) is 4.76. The Kier molecular flexibility index (Phi) is 5.91. The van der Waals surface area contributed by atoms with Gasteiger partial charge in [-0.3, -0.25) is 4.79 Å². The minimum Gasteiger partial charge on any atom is -0.492 e. The quantitative estimate of drug-likeness (QED) is 0.653. The summed E-state index contributed by atoms with van der Waals surface area (Å²) in [7, 11) is 0. The zero-order chi connectivity index (χ0) is 19.2. The van der Waals surface area contributed by atoms with E-state index >= 15 is 0 Å². The molecule has 2 aromatic carbocycles. The molecule has 0 aliphatic heterocycles. The number of hydrogen-bond donors (Lipinski definition) is 1. The van der Waals surface area contributed by atoms with Crippen molar-refractivity contribution < 1.29 is 9.53 Å². The lowest BCUT2D eigenvalue weighted by molar-refractivity contribution is -0.120. The summed E-state index contributed by atoms with van der Waals surface area (Å²) in [5.41, 5.74) is 4.98. The summed E-state index contributed by atoms with van der Waals surface area (Å²) in [6.07, 6.45) is 0.314. The minimum atomic E-state index is -0.0262. The van der Waals surface area contributed by atoms with E-state index in [1.165, 1.54) is 0 Å². The number of carbonyl (C=O) groups excluding carboxylic acids is 1. The van der Waals surface area contributed by atoms with Crippen LogP contribution in [0.3, 0.4) is 0 Å². The van der Waals surface area contributed by atoms with E-state index in [0.29, 0.717) is 19.6 Å². The van der Waals surface area contributed by atoms with Crippen molar-refractivity contribution in [2.24, 2.45) is 0 Å². The Labute approximate surface area is 160 Å². The summed E-state index contributed by atoms with van der Waals surface area (Å²) < 4.78 is 7.55. The van der Waals surface area contributed by atoms with Gasteiger partial charge >= 0.3 is 0 Å². The van der Waals surface area contributed by atoms with E-state index in [4.69, 9.17) is 4.74 Å². The Bertz CT molecular complexity index is 917. The van der Waals surface area contributed by atoms with Gasteiger partial charge in [0.15, 0.2) is 0 Å². The van der Waals surface area contributed by atoms with Gasteiger partial charge in [0.05, 0.1) is 24.3 Å². The summed E-state index contributed by atoms with van der Waals surface area (Å²) in [6.45, 7) is 6.87. The lowest BCUT2D eigenvalue weighted by Crippen LogP contribution is -2.29. The zero-order valence-electron chi connectivity index (χ0n) is 16.0. The molecule has 0 aliphatic rings. The first-order valence-electron chi connectivity index (χ1n) is 9.11. The summed E-state index contributed by atoms with van der Waals surface area (Å²) in [4.78, 5) is 12.3. The zero-order valence-corrected chi connectivity index (χ0v) is 16.0. The van der Waals surface area contributed by atoms with Crippen LogP contribution in [-0.4, -0.2) is 28.8 Å². The molecule has 1 aromatic heterocycles. The first-order valence-corrected chi connectivity index (χ1v) is 9.11. The number of aromatic nitrogens is 2. The maximum absolute atomic E-state index is 12.3. The van der Waals surface area contributed by atoms with Crippen LogP contribution in [0.5, 0.6) is 5.75 Å². The number of amides is 1. The largest absolute Gasteiger partial charge is 0.492 e. The SMILES string of the molecule is Cc1cccc(OCCNC(=O)Cc2c(C)nn(-c3ccccc3)c2C)c1. The maximum Gasteiger partial charge on any atom is 0.224 e. The summed E-state index contributed by atoms with van der Waals surface area (Å²) in [5, 5.41) is 7.51. The Balaban J connectivity index is 1.54. The van der Waals surface area contributed by atoms with Crippen LogP contribution in [0.2, 0.25) is 0 Å². The lowest BCUT2D eigenvalue weighted by Gasteiger charge is -2.09. The van der Waals surface area contributed by atoms with Gasteiger partial charge in [0, 0.05) is 11.3 Å². The smallest absolute Gasteiger partial charge is 0.224 e. The predicted molar refractivity (Wildman–Crippen MR) is 106 cm³/mol. The van der Waals surface area contributed by atoms with Crippen LogP contribution in [0.25, 0.3) is 5.69 Å². The van der Waals surface area contributed by atoms with Crippen molar-refractivity contribution in [1.82, 2.24) is 15.1 Å². The van der Waals surface area contributed by atoms with Gasteiger partial charge in [-0.15, -0.1) is 0 Å². The van der Waals surface area contributed by atoms with Crippen LogP contribution < -0.4 is 10.1 Å². The molecule has 27 heavy (non-hydrogen) atoms.